The molecular formula is C15H13Cl2FO. The predicted molar refractivity (Wildman–Crippen MR) is 76.9 cm³/mol. The average molecular weight is 299 g/mol. The molecule has 0 fully saturated rings. The van der Waals surface area contributed by atoms with Crippen LogP contribution in [0, 0.1) is 5.82 Å². The first-order valence-corrected chi connectivity index (χ1v) is 6.86. The van der Waals surface area contributed by atoms with Crippen LogP contribution in [0.1, 0.15) is 18.1 Å². The van der Waals surface area contributed by atoms with E-state index in [0.717, 1.165) is 17.5 Å². The molecule has 2 aromatic carbocycles. The maximum absolute atomic E-state index is 13.8. The Balaban J connectivity index is 2.26. The first kappa shape index (κ1) is 14.2. The highest BCUT2D eigenvalue weighted by Gasteiger charge is 2.07. The molecule has 0 saturated heterocycles. The molecule has 100 valence electrons. The molecule has 2 rings (SSSR count). The zero-order valence-electron chi connectivity index (χ0n) is 10.4. The molecule has 0 heterocycles. The number of aryl methyl sites for hydroxylation is 1. The van der Waals surface area contributed by atoms with Gasteiger partial charge in [0.1, 0.15) is 5.75 Å². The van der Waals surface area contributed by atoms with Gasteiger partial charge >= 0.3 is 0 Å². The molecule has 0 bridgehead atoms. The van der Waals surface area contributed by atoms with E-state index in [9.17, 15) is 4.39 Å². The van der Waals surface area contributed by atoms with Crippen molar-refractivity contribution in [2.24, 2.45) is 0 Å². The molecule has 0 amide bonds. The lowest BCUT2D eigenvalue weighted by Gasteiger charge is -2.09. The summed E-state index contributed by atoms with van der Waals surface area (Å²) < 4.78 is 19.3. The summed E-state index contributed by atoms with van der Waals surface area (Å²) in [5.41, 5.74) is 1.69. The fraction of sp³-hybridized carbons (Fsp3) is 0.200. The van der Waals surface area contributed by atoms with Crippen LogP contribution in [0.3, 0.4) is 0 Å². The van der Waals surface area contributed by atoms with E-state index in [0.29, 0.717) is 10.8 Å². The molecule has 0 atom stereocenters. The van der Waals surface area contributed by atoms with Crippen LogP contribution in [0.15, 0.2) is 36.4 Å². The van der Waals surface area contributed by atoms with Crippen molar-refractivity contribution in [3.8, 4) is 11.5 Å². The minimum atomic E-state index is -0.425. The van der Waals surface area contributed by atoms with Crippen LogP contribution >= 0.6 is 23.2 Å². The zero-order valence-corrected chi connectivity index (χ0v) is 11.9. The number of halogens is 3. The summed E-state index contributed by atoms with van der Waals surface area (Å²) in [6, 6.07) is 9.97. The van der Waals surface area contributed by atoms with Gasteiger partial charge in [0.25, 0.3) is 0 Å². The van der Waals surface area contributed by atoms with Crippen molar-refractivity contribution in [3.05, 3.63) is 58.4 Å². The van der Waals surface area contributed by atoms with Gasteiger partial charge in [0.2, 0.25) is 0 Å². The molecule has 0 unspecified atom stereocenters. The number of alkyl halides is 1. The second-order valence-corrected chi connectivity index (χ2v) is 4.78. The van der Waals surface area contributed by atoms with Crippen molar-refractivity contribution < 1.29 is 9.13 Å². The molecule has 0 aliphatic rings. The van der Waals surface area contributed by atoms with Crippen LogP contribution in [0.2, 0.25) is 5.02 Å². The summed E-state index contributed by atoms with van der Waals surface area (Å²) in [5.74, 6) is 0.598. The Kier molecular flexibility index (Phi) is 4.67. The van der Waals surface area contributed by atoms with E-state index in [1.165, 1.54) is 6.07 Å². The monoisotopic (exact) mass is 298 g/mol. The summed E-state index contributed by atoms with van der Waals surface area (Å²) >= 11 is 11.7. The Morgan fingerprint density at radius 3 is 2.58 bits per heavy atom. The minimum absolute atomic E-state index is 0.179. The Morgan fingerprint density at radius 1 is 1.16 bits per heavy atom. The van der Waals surface area contributed by atoms with Gasteiger partial charge in [-0.2, -0.15) is 0 Å². The van der Waals surface area contributed by atoms with Gasteiger partial charge in [-0.3, -0.25) is 0 Å². The molecule has 0 aliphatic heterocycles. The standard InChI is InChI=1S/C15H13Cl2FO/c1-2-11-8-12(4-5-13(11)17)19-15-6-3-10(9-16)7-14(15)18/h3-8H,2,9H2,1H3. The summed E-state index contributed by atoms with van der Waals surface area (Å²) in [6.07, 6.45) is 0.795. The van der Waals surface area contributed by atoms with Gasteiger partial charge in [-0.15, -0.1) is 11.6 Å². The number of hydrogen-bond acceptors (Lipinski definition) is 1. The quantitative estimate of drug-likeness (QED) is 0.670. The van der Waals surface area contributed by atoms with Crippen molar-refractivity contribution in [2.75, 3.05) is 0 Å². The fourth-order valence-corrected chi connectivity index (χ4v) is 2.14. The predicted octanol–water partition coefficient (Wildman–Crippen LogP) is 5.57. The van der Waals surface area contributed by atoms with Gasteiger partial charge in [-0.25, -0.2) is 4.39 Å². The van der Waals surface area contributed by atoms with E-state index in [2.05, 4.69) is 0 Å². The SMILES string of the molecule is CCc1cc(Oc2ccc(CCl)cc2F)ccc1Cl. The number of benzene rings is 2. The lowest BCUT2D eigenvalue weighted by molar-refractivity contribution is 0.441. The van der Waals surface area contributed by atoms with Gasteiger partial charge in [0.05, 0.1) is 0 Å². The minimum Gasteiger partial charge on any atom is -0.454 e. The average Bonchev–Trinajstić information content (AvgIpc) is 2.43. The van der Waals surface area contributed by atoms with Crippen LogP contribution in [-0.2, 0) is 12.3 Å². The lowest BCUT2D eigenvalue weighted by Crippen LogP contribution is -1.91. The molecule has 19 heavy (non-hydrogen) atoms. The van der Waals surface area contributed by atoms with E-state index >= 15 is 0 Å². The fourth-order valence-electron chi connectivity index (χ4n) is 1.72. The highest BCUT2D eigenvalue weighted by atomic mass is 35.5. The molecular weight excluding hydrogens is 286 g/mol. The van der Waals surface area contributed by atoms with Crippen molar-refractivity contribution in [3.63, 3.8) is 0 Å². The van der Waals surface area contributed by atoms with Crippen LogP contribution < -0.4 is 4.74 Å². The number of ether oxygens (including phenoxy) is 1. The van der Waals surface area contributed by atoms with E-state index in [4.69, 9.17) is 27.9 Å². The van der Waals surface area contributed by atoms with Crippen molar-refractivity contribution >= 4 is 23.2 Å². The third kappa shape index (κ3) is 3.40. The maximum atomic E-state index is 13.8. The highest BCUT2D eigenvalue weighted by molar-refractivity contribution is 6.31. The molecule has 0 saturated carbocycles. The molecule has 0 N–H and O–H groups in total. The van der Waals surface area contributed by atoms with Gasteiger partial charge in [-0.05, 0) is 47.9 Å². The third-order valence-corrected chi connectivity index (χ3v) is 3.45. The molecule has 0 aromatic heterocycles. The molecule has 2 aromatic rings. The van der Waals surface area contributed by atoms with E-state index in [-0.39, 0.29) is 11.6 Å². The zero-order chi connectivity index (χ0) is 13.8. The first-order chi connectivity index (χ1) is 9.13. The van der Waals surface area contributed by atoms with E-state index < -0.39 is 5.82 Å². The Morgan fingerprint density at radius 2 is 1.95 bits per heavy atom. The largest absolute Gasteiger partial charge is 0.454 e. The molecule has 1 nitrogen and oxygen atoms in total. The van der Waals surface area contributed by atoms with Crippen molar-refractivity contribution in [2.45, 2.75) is 19.2 Å². The summed E-state index contributed by atoms with van der Waals surface area (Å²) in [7, 11) is 0. The Hall–Kier alpha value is -1.25. The van der Waals surface area contributed by atoms with Crippen LogP contribution in [-0.4, -0.2) is 0 Å². The third-order valence-electron chi connectivity index (χ3n) is 2.78. The summed E-state index contributed by atoms with van der Waals surface area (Å²) in [4.78, 5) is 0. The smallest absolute Gasteiger partial charge is 0.166 e. The van der Waals surface area contributed by atoms with Gasteiger partial charge in [-0.1, -0.05) is 24.6 Å². The molecule has 0 aliphatic carbocycles. The Bertz CT molecular complexity index is 584. The van der Waals surface area contributed by atoms with Gasteiger partial charge in [0.15, 0.2) is 11.6 Å². The van der Waals surface area contributed by atoms with Crippen LogP contribution in [0.25, 0.3) is 0 Å². The molecule has 0 spiro atoms. The van der Waals surface area contributed by atoms with Gasteiger partial charge in [0, 0.05) is 10.9 Å². The van der Waals surface area contributed by atoms with E-state index in [1.54, 1.807) is 24.3 Å². The second-order valence-electron chi connectivity index (χ2n) is 4.11. The van der Waals surface area contributed by atoms with Gasteiger partial charge < -0.3 is 4.74 Å². The van der Waals surface area contributed by atoms with Crippen molar-refractivity contribution in [1.29, 1.82) is 0 Å². The number of hydrogen-bond donors (Lipinski definition) is 0. The molecule has 0 radical (unpaired) electrons. The van der Waals surface area contributed by atoms with E-state index in [1.807, 2.05) is 13.0 Å². The topological polar surface area (TPSA) is 9.23 Å². The lowest BCUT2D eigenvalue weighted by atomic mass is 10.1. The van der Waals surface area contributed by atoms with Crippen LogP contribution in [0.4, 0.5) is 4.39 Å². The van der Waals surface area contributed by atoms with Crippen LogP contribution in [0.5, 0.6) is 11.5 Å². The highest BCUT2D eigenvalue weighted by Crippen LogP contribution is 2.29. The normalized spacial score (nSPS) is 10.5. The second kappa shape index (κ2) is 6.27. The summed E-state index contributed by atoms with van der Waals surface area (Å²) in [6.45, 7) is 2.00. The van der Waals surface area contributed by atoms with Crippen molar-refractivity contribution in [1.82, 2.24) is 0 Å². The Labute approximate surface area is 121 Å². The molecule has 4 heteroatoms. The summed E-state index contributed by atoms with van der Waals surface area (Å²) in [5, 5.41) is 0.688. The number of rotatable bonds is 4. The first-order valence-electron chi connectivity index (χ1n) is 5.94. The maximum Gasteiger partial charge on any atom is 0.166 e.